The third-order valence-corrected chi connectivity index (χ3v) is 11.8. The molecule has 0 fully saturated rings. The van der Waals surface area contributed by atoms with Crippen molar-refractivity contribution in [3.63, 3.8) is 0 Å². The highest BCUT2D eigenvalue weighted by Crippen LogP contribution is 2.44. The Labute approximate surface area is 327 Å². The van der Waals surface area contributed by atoms with E-state index in [1.165, 1.54) is 21.0 Å². The summed E-state index contributed by atoms with van der Waals surface area (Å²) in [5.74, 6) is 1.94. The van der Waals surface area contributed by atoms with E-state index in [-0.39, 0.29) is 0 Å². The number of thiophene rings is 1. The van der Waals surface area contributed by atoms with Gasteiger partial charge in [0.1, 0.15) is 11.2 Å². The normalized spacial score (nSPS) is 11.6. The Bertz CT molecular complexity index is 3230. The molecule has 11 rings (SSSR count). The van der Waals surface area contributed by atoms with Crippen molar-refractivity contribution in [1.29, 1.82) is 0 Å². The molecular formula is C51H31N3OS. The molecule has 4 nitrogen and oxygen atoms in total. The summed E-state index contributed by atoms with van der Waals surface area (Å²) in [5, 5.41) is 4.61. The Kier molecular flexibility index (Phi) is 7.64. The Morgan fingerprint density at radius 1 is 0.339 bits per heavy atom. The molecule has 0 aliphatic heterocycles. The maximum Gasteiger partial charge on any atom is 0.165 e. The number of fused-ring (bicyclic) bond motifs is 6. The fraction of sp³-hybridized carbons (Fsp3) is 0. The summed E-state index contributed by atoms with van der Waals surface area (Å²) in [7, 11) is 0. The van der Waals surface area contributed by atoms with Crippen LogP contribution in [0.2, 0.25) is 0 Å². The number of hydrogen-bond acceptors (Lipinski definition) is 5. The number of benzene rings is 8. The van der Waals surface area contributed by atoms with Gasteiger partial charge in [-0.3, -0.25) is 0 Å². The number of para-hydroxylation sites is 1. The van der Waals surface area contributed by atoms with Crippen LogP contribution in [-0.4, -0.2) is 15.0 Å². The Balaban J connectivity index is 1.07. The molecule has 0 saturated heterocycles. The Hall–Kier alpha value is -7.21. The summed E-state index contributed by atoms with van der Waals surface area (Å²) in [6.45, 7) is 0. The minimum atomic E-state index is 0.642. The van der Waals surface area contributed by atoms with Gasteiger partial charge >= 0.3 is 0 Å². The van der Waals surface area contributed by atoms with Crippen LogP contribution in [0, 0.1) is 0 Å². The quantitative estimate of drug-likeness (QED) is 0.171. The highest BCUT2D eigenvalue weighted by Gasteiger charge is 2.19. The zero-order valence-electron chi connectivity index (χ0n) is 30.1. The highest BCUT2D eigenvalue weighted by atomic mass is 32.1. The van der Waals surface area contributed by atoms with Crippen molar-refractivity contribution in [1.82, 2.24) is 15.0 Å². The van der Waals surface area contributed by atoms with Crippen LogP contribution in [0.4, 0.5) is 0 Å². The van der Waals surface area contributed by atoms with Crippen molar-refractivity contribution in [2.24, 2.45) is 0 Å². The minimum absolute atomic E-state index is 0.642. The van der Waals surface area contributed by atoms with E-state index >= 15 is 0 Å². The van der Waals surface area contributed by atoms with Gasteiger partial charge in [-0.25, -0.2) is 15.0 Å². The predicted molar refractivity (Wildman–Crippen MR) is 233 cm³/mol. The van der Waals surface area contributed by atoms with Crippen molar-refractivity contribution >= 4 is 53.4 Å². The lowest BCUT2D eigenvalue weighted by molar-refractivity contribution is 0.669. The van der Waals surface area contributed by atoms with E-state index in [0.29, 0.717) is 17.5 Å². The molecule has 0 bridgehead atoms. The van der Waals surface area contributed by atoms with Crippen molar-refractivity contribution in [2.45, 2.75) is 0 Å². The van der Waals surface area contributed by atoms with Gasteiger partial charge in [0.2, 0.25) is 0 Å². The van der Waals surface area contributed by atoms with Gasteiger partial charge in [0.15, 0.2) is 17.5 Å². The maximum atomic E-state index is 6.48. The first-order chi connectivity index (χ1) is 27.7. The molecule has 0 radical (unpaired) electrons. The lowest BCUT2D eigenvalue weighted by Crippen LogP contribution is -2.00. The standard InChI is InChI=1S/C51H31N3OS/c1-4-13-32(14-5-1)34-23-25-36(26-24-34)50-52-49(35-17-8-3-9-18-35)53-51(54-50)41-21-12-20-39-43-29-37(27-28-46(43)56-48(39)41)42-30-38(33-15-6-2-7-16-33)31-45-47(42)40-19-10-11-22-44(40)55-45/h1-31H. The molecule has 0 N–H and O–H groups in total. The molecule has 11 aromatic rings. The topological polar surface area (TPSA) is 51.8 Å². The van der Waals surface area contributed by atoms with Gasteiger partial charge in [-0.15, -0.1) is 11.3 Å². The predicted octanol–water partition coefficient (Wildman–Crippen LogP) is 14.1. The maximum absolute atomic E-state index is 6.48. The number of aromatic nitrogens is 3. The number of furan rings is 1. The van der Waals surface area contributed by atoms with Gasteiger partial charge in [-0.05, 0) is 69.8 Å². The molecule has 0 aliphatic rings. The summed E-state index contributed by atoms with van der Waals surface area (Å²) in [4.78, 5) is 15.3. The summed E-state index contributed by atoms with van der Waals surface area (Å²) in [5.41, 5.74) is 11.5. The minimum Gasteiger partial charge on any atom is -0.456 e. The van der Waals surface area contributed by atoms with E-state index < -0.39 is 0 Å². The van der Waals surface area contributed by atoms with Crippen molar-refractivity contribution in [3.05, 3.63) is 188 Å². The molecule has 0 unspecified atom stereocenters. The number of nitrogens with zero attached hydrogens (tertiary/aromatic N) is 3. The van der Waals surface area contributed by atoms with Crippen LogP contribution in [0.25, 0.3) is 110 Å². The van der Waals surface area contributed by atoms with Crippen molar-refractivity contribution in [2.75, 3.05) is 0 Å². The summed E-state index contributed by atoms with van der Waals surface area (Å²) >= 11 is 1.78. The summed E-state index contributed by atoms with van der Waals surface area (Å²) < 4.78 is 8.83. The molecule has 56 heavy (non-hydrogen) atoms. The van der Waals surface area contributed by atoms with Crippen molar-refractivity contribution < 1.29 is 4.42 Å². The third kappa shape index (κ3) is 5.56. The van der Waals surface area contributed by atoms with Crippen LogP contribution < -0.4 is 0 Å². The first-order valence-corrected chi connectivity index (χ1v) is 19.5. The molecule has 0 saturated carbocycles. The van der Waals surface area contributed by atoms with Gasteiger partial charge in [0.05, 0.1) is 0 Å². The first-order valence-electron chi connectivity index (χ1n) is 18.7. The van der Waals surface area contributed by atoms with E-state index in [1.807, 2.05) is 36.4 Å². The van der Waals surface area contributed by atoms with Gasteiger partial charge < -0.3 is 4.42 Å². The fourth-order valence-electron chi connectivity index (χ4n) is 7.81. The molecule has 3 aromatic heterocycles. The molecule has 8 aromatic carbocycles. The van der Waals surface area contributed by atoms with E-state index in [4.69, 9.17) is 19.4 Å². The second-order valence-corrected chi connectivity index (χ2v) is 15.0. The van der Waals surface area contributed by atoms with Crippen LogP contribution in [0.1, 0.15) is 0 Å². The molecule has 5 heteroatoms. The second kappa shape index (κ2) is 13.3. The summed E-state index contributed by atoms with van der Waals surface area (Å²) in [6.07, 6.45) is 0. The Morgan fingerprint density at radius 3 is 1.62 bits per heavy atom. The largest absolute Gasteiger partial charge is 0.456 e. The average Bonchev–Trinajstić information content (AvgIpc) is 3.85. The van der Waals surface area contributed by atoms with E-state index in [2.05, 4.69) is 152 Å². The van der Waals surface area contributed by atoms with E-state index in [0.717, 1.165) is 71.1 Å². The molecule has 0 amide bonds. The van der Waals surface area contributed by atoms with E-state index in [9.17, 15) is 0 Å². The van der Waals surface area contributed by atoms with E-state index in [1.54, 1.807) is 11.3 Å². The highest BCUT2D eigenvalue weighted by molar-refractivity contribution is 7.26. The lowest BCUT2D eigenvalue weighted by Gasteiger charge is -2.10. The van der Waals surface area contributed by atoms with Crippen molar-refractivity contribution in [3.8, 4) is 67.5 Å². The third-order valence-electron chi connectivity index (χ3n) is 10.6. The SMILES string of the molecule is c1ccc(-c2ccc(-c3nc(-c4ccccc4)nc(-c4cccc5c4sc4ccc(-c6cc(-c7ccccc7)cc7oc8ccccc8c67)cc45)n3)cc2)cc1. The molecule has 0 atom stereocenters. The molecular weight excluding hydrogens is 703 g/mol. The van der Waals surface area contributed by atoms with Gasteiger partial charge in [0.25, 0.3) is 0 Å². The van der Waals surface area contributed by atoms with Crippen LogP contribution >= 0.6 is 11.3 Å². The van der Waals surface area contributed by atoms with Gasteiger partial charge in [0, 0.05) is 47.6 Å². The smallest absolute Gasteiger partial charge is 0.165 e. The summed E-state index contributed by atoms with van der Waals surface area (Å²) in [6, 6.07) is 65.7. The Morgan fingerprint density at radius 2 is 0.893 bits per heavy atom. The lowest BCUT2D eigenvalue weighted by atomic mass is 9.93. The monoisotopic (exact) mass is 733 g/mol. The molecule has 0 spiro atoms. The molecule has 3 heterocycles. The number of hydrogen-bond donors (Lipinski definition) is 0. The molecule has 262 valence electrons. The van der Waals surface area contributed by atoms with Crippen LogP contribution in [-0.2, 0) is 0 Å². The van der Waals surface area contributed by atoms with Gasteiger partial charge in [-0.1, -0.05) is 152 Å². The zero-order valence-corrected chi connectivity index (χ0v) is 30.9. The van der Waals surface area contributed by atoms with Crippen LogP contribution in [0.3, 0.4) is 0 Å². The molecule has 0 aliphatic carbocycles. The zero-order chi connectivity index (χ0) is 37.0. The fourth-order valence-corrected chi connectivity index (χ4v) is 9.00. The van der Waals surface area contributed by atoms with Crippen LogP contribution in [0.15, 0.2) is 192 Å². The van der Waals surface area contributed by atoms with Gasteiger partial charge in [-0.2, -0.15) is 0 Å². The van der Waals surface area contributed by atoms with Crippen LogP contribution in [0.5, 0.6) is 0 Å². The second-order valence-electron chi connectivity index (χ2n) is 14.0. The average molecular weight is 734 g/mol. The first kappa shape index (κ1) is 32.2. The number of rotatable bonds is 6.